The molecule has 5 rings (SSSR count). The molecule has 1 fully saturated rings. The summed E-state index contributed by atoms with van der Waals surface area (Å²) >= 11 is 2.76. The smallest absolute Gasteiger partial charge is 0.314 e. The molecule has 186 valence electrons. The van der Waals surface area contributed by atoms with Gasteiger partial charge in [0.25, 0.3) is 0 Å². The number of benzene rings is 1. The zero-order chi connectivity index (χ0) is 25.6. The van der Waals surface area contributed by atoms with Crippen molar-refractivity contribution < 1.29 is 9.18 Å². The number of hydrogen-bond acceptors (Lipinski definition) is 9. The van der Waals surface area contributed by atoms with Crippen molar-refractivity contribution in [3.05, 3.63) is 40.7 Å². The standard InChI is InChI=1S/C23H24FN9OS2/c1-4-16-19(31(3)21-28-18(17(11-25)35-21)13-5-7-14(24)8-6-13)33-22(27-16)36-23(29-33)32-10-9-15(12-32)30(2)20(26)34/h5-8,15H,4,9-10,12H2,1-3H3,(H2,26,34)/t15-/m0/s1. The predicted octanol–water partition coefficient (Wildman–Crippen LogP) is 3.84. The lowest BCUT2D eigenvalue weighted by atomic mass is 10.1. The summed E-state index contributed by atoms with van der Waals surface area (Å²) in [5.41, 5.74) is 7.51. The number of rotatable bonds is 6. The molecule has 0 saturated carbocycles. The molecular weight excluding hydrogens is 501 g/mol. The lowest BCUT2D eigenvalue weighted by Gasteiger charge is -2.22. The van der Waals surface area contributed by atoms with Crippen LogP contribution in [0.4, 0.5) is 25.3 Å². The molecule has 1 aliphatic rings. The number of amides is 2. The van der Waals surface area contributed by atoms with E-state index in [0.717, 1.165) is 34.6 Å². The molecule has 4 aromatic rings. The van der Waals surface area contributed by atoms with Gasteiger partial charge in [0.15, 0.2) is 10.9 Å². The molecule has 0 spiro atoms. The van der Waals surface area contributed by atoms with Crippen LogP contribution in [0.1, 0.15) is 23.9 Å². The minimum atomic E-state index is -0.438. The number of likely N-dealkylation sites (N-methyl/N-ethyl adjacent to an activating group) is 1. The van der Waals surface area contributed by atoms with Crippen LogP contribution in [-0.4, -0.2) is 63.7 Å². The van der Waals surface area contributed by atoms with Crippen molar-refractivity contribution in [2.45, 2.75) is 25.8 Å². The van der Waals surface area contributed by atoms with Crippen LogP contribution in [0, 0.1) is 17.1 Å². The number of aromatic nitrogens is 4. The maximum atomic E-state index is 13.4. The van der Waals surface area contributed by atoms with E-state index >= 15 is 0 Å². The Bertz CT molecular complexity index is 1470. The van der Waals surface area contributed by atoms with Crippen LogP contribution in [-0.2, 0) is 6.42 Å². The van der Waals surface area contributed by atoms with Crippen molar-refractivity contribution in [3.8, 4) is 17.3 Å². The first-order valence-corrected chi connectivity index (χ1v) is 13.0. The molecule has 36 heavy (non-hydrogen) atoms. The van der Waals surface area contributed by atoms with Crippen molar-refractivity contribution in [3.63, 3.8) is 0 Å². The zero-order valence-electron chi connectivity index (χ0n) is 20.0. The monoisotopic (exact) mass is 525 g/mol. The van der Waals surface area contributed by atoms with Gasteiger partial charge in [-0.3, -0.25) is 0 Å². The number of nitrogens with two attached hydrogens (primary N) is 1. The molecule has 1 aromatic carbocycles. The van der Waals surface area contributed by atoms with Gasteiger partial charge >= 0.3 is 6.03 Å². The van der Waals surface area contributed by atoms with Crippen LogP contribution >= 0.6 is 22.7 Å². The Kier molecular flexibility index (Phi) is 6.23. The molecule has 0 bridgehead atoms. The largest absolute Gasteiger partial charge is 0.351 e. The van der Waals surface area contributed by atoms with Crippen molar-refractivity contribution in [2.75, 3.05) is 37.0 Å². The highest BCUT2D eigenvalue weighted by Gasteiger charge is 2.31. The first-order chi connectivity index (χ1) is 17.3. The molecule has 0 radical (unpaired) electrons. The van der Waals surface area contributed by atoms with Gasteiger partial charge in [-0.1, -0.05) is 29.6 Å². The van der Waals surface area contributed by atoms with E-state index < -0.39 is 6.03 Å². The van der Waals surface area contributed by atoms with Crippen molar-refractivity contribution in [1.82, 2.24) is 24.5 Å². The lowest BCUT2D eigenvalue weighted by molar-refractivity contribution is 0.204. The number of primary amides is 1. The van der Waals surface area contributed by atoms with E-state index in [1.165, 1.54) is 34.8 Å². The third-order valence-electron chi connectivity index (χ3n) is 6.34. The molecule has 10 nitrogen and oxygen atoms in total. The number of nitrogens with zero attached hydrogens (tertiary/aromatic N) is 8. The van der Waals surface area contributed by atoms with Gasteiger partial charge in [-0.25, -0.2) is 19.2 Å². The van der Waals surface area contributed by atoms with Crippen molar-refractivity contribution >= 4 is 49.7 Å². The number of carbonyl (C=O) groups is 1. The number of aryl methyl sites for hydroxylation is 1. The van der Waals surface area contributed by atoms with E-state index in [4.69, 9.17) is 20.8 Å². The third-order valence-corrected chi connectivity index (χ3v) is 8.35. The number of hydrogen-bond donors (Lipinski definition) is 1. The highest BCUT2D eigenvalue weighted by atomic mass is 32.1. The number of imidazole rings is 1. The van der Waals surface area contributed by atoms with Gasteiger partial charge in [-0.05, 0) is 37.1 Å². The van der Waals surface area contributed by atoms with Crippen LogP contribution in [0.5, 0.6) is 0 Å². The summed E-state index contributed by atoms with van der Waals surface area (Å²) in [7, 11) is 3.60. The van der Waals surface area contributed by atoms with Crippen molar-refractivity contribution in [1.29, 1.82) is 5.26 Å². The SMILES string of the molecule is CCc1nc2sc(N3CC[C@H](N(C)C(N)=O)C3)nn2c1N(C)c1nc(-c2ccc(F)cc2)c(C#N)s1. The molecule has 13 heteroatoms. The molecule has 4 heterocycles. The van der Waals surface area contributed by atoms with Crippen molar-refractivity contribution in [2.24, 2.45) is 5.73 Å². The fourth-order valence-corrected chi connectivity index (χ4v) is 6.10. The molecule has 0 unspecified atom stereocenters. The van der Waals surface area contributed by atoms with Crippen LogP contribution in [0.15, 0.2) is 24.3 Å². The summed E-state index contributed by atoms with van der Waals surface area (Å²) < 4.78 is 15.2. The average molecular weight is 526 g/mol. The second kappa shape index (κ2) is 9.36. The Labute approximate surface area is 215 Å². The number of anilines is 3. The summed E-state index contributed by atoms with van der Waals surface area (Å²) in [6.45, 7) is 3.45. The van der Waals surface area contributed by atoms with Crippen LogP contribution in [0.25, 0.3) is 16.2 Å². The topological polar surface area (TPSA) is 120 Å². The lowest BCUT2D eigenvalue weighted by Crippen LogP contribution is -2.42. The number of carbonyl (C=O) groups excluding carboxylic acids is 1. The van der Waals surface area contributed by atoms with Gasteiger partial charge in [0.2, 0.25) is 10.1 Å². The summed E-state index contributed by atoms with van der Waals surface area (Å²) in [6.07, 6.45) is 1.51. The fraction of sp³-hybridized carbons (Fsp3) is 0.348. The highest BCUT2D eigenvalue weighted by molar-refractivity contribution is 7.20. The Morgan fingerprint density at radius 2 is 2.03 bits per heavy atom. The van der Waals surface area contributed by atoms with Gasteiger partial charge in [-0.15, -0.1) is 5.10 Å². The second-order valence-electron chi connectivity index (χ2n) is 8.50. The molecule has 3 aromatic heterocycles. The molecule has 0 aliphatic carbocycles. The van der Waals surface area contributed by atoms with Crippen LogP contribution < -0.4 is 15.5 Å². The molecular formula is C23H24FN9OS2. The number of halogens is 1. The van der Waals surface area contributed by atoms with Gasteiger partial charge < -0.3 is 20.4 Å². The van der Waals surface area contributed by atoms with E-state index in [1.807, 2.05) is 23.4 Å². The van der Waals surface area contributed by atoms with E-state index in [-0.39, 0.29) is 11.9 Å². The number of fused-ring (bicyclic) bond motifs is 1. The summed E-state index contributed by atoms with van der Waals surface area (Å²) in [5.74, 6) is 0.438. The van der Waals surface area contributed by atoms with E-state index in [1.54, 1.807) is 24.1 Å². The number of nitriles is 1. The van der Waals surface area contributed by atoms with Crippen LogP contribution in [0.3, 0.4) is 0 Å². The third kappa shape index (κ3) is 4.12. The van der Waals surface area contributed by atoms with Gasteiger partial charge in [0.05, 0.1) is 11.7 Å². The highest BCUT2D eigenvalue weighted by Crippen LogP contribution is 2.38. The van der Waals surface area contributed by atoms with E-state index in [0.29, 0.717) is 34.2 Å². The van der Waals surface area contributed by atoms with Crippen LogP contribution in [0.2, 0.25) is 0 Å². The van der Waals surface area contributed by atoms with Gasteiger partial charge in [0.1, 0.15) is 22.5 Å². The molecule has 2 amide bonds. The Morgan fingerprint density at radius 1 is 1.28 bits per heavy atom. The number of urea groups is 1. The summed E-state index contributed by atoms with van der Waals surface area (Å²) in [4.78, 5) is 27.9. The molecule has 1 saturated heterocycles. The summed E-state index contributed by atoms with van der Waals surface area (Å²) in [5, 5.41) is 16.0. The Morgan fingerprint density at radius 3 is 2.69 bits per heavy atom. The molecule has 2 N–H and O–H groups in total. The fourth-order valence-electron chi connectivity index (χ4n) is 4.30. The minimum absolute atomic E-state index is 0.0386. The first-order valence-electron chi connectivity index (χ1n) is 11.4. The number of thiazole rings is 1. The van der Waals surface area contributed by atoms with Gasteiger partial charge in [-0.2, -0.15) is 9.78 Å². The normalized spacial score (nSPS) is 15.4. The molecule has 1 aliphatic heterocycles. The van der Waals surface area contributed by atoms with E-state index in [9.17, 15) is 14.4 Å². The Hall–Kier alpha value is -3.76. The summed E-state index contributed by atoms with van der Waals surface area (Å²) in [6, 6.07) is 7.77. The quantitative estimate of drug-likeness (QED) is 0.406. The second-order valence-corrected chi connectivity index (χ2v) is 10.4. The Balaban J connectivity index is 1.49. The zero-order valence-corrected chi connectivity index (χ0v) is 21.6. The first kappa shape index (κ1) is 24.0. The van der Waals surface area contributed by atoms with E-state index in [2.05, 4.69) is 11.0 Å². The molecule has 1 atom stereocenters. The predicted molar refractivity (Wildman–Crippen MR) is 138 cm³/mol. The maximum absolute atomic E-state index is 13.4. The van der Waals surface area contributed by atoms with Gasteiger partial charge in [0, 0.05) is 32.7 Å². The average Bonchev–Trinajstić information content (AvgIpc) is 3.65. The minimum Gasteiger partial charge on any atom is -0.351 e. The maximum Gasteiger partial charge on any atom is 0.314 e.